The highest BCUT2D eigenvalue weighted by Crippen LogP contribution is 2.33. The Labute approximate surface area is 249 Å². The van der Waals surface area contributed by atoms with Crippen LogP contribution in [-0.4, -0.2) is 58.3 Å². The number of carbonyl (C=O) groups excluding carboxylic acids is 1. The first kappa shape index (κ1) is 37.2. The van der Waals surface area contributed by atoms with E-state index in [-0.39, 0.29) is 46.6 Å². The van der Waals surface area contributed by atoms with Crippen LogP contribution in [0, 0.1) is 35.2 Å². The Morgan fingerprint density at radius 1 is 1.10 bits per heavy atom. The van der Waals surface area contributed by atoms with Gasteiger partial charge in [0, 0.05) is 55.7 Å². The van der Waals surface area contributed by atoms with Crippen molar-refractivity contribution >= 4 is 35.2 Å². The van der Waals surface area contributed by atoms with E-state index in [1.807, 2.05) is 0 Å². The summed E-state index contributed by atoms with van der Waals surface area (Å²) in [7, 11) is 1.58. The predicted molar refractivity (Wildman–Crippen MR) is 156 cm³/mol. The molecule has 0 spiro atoms. The maximum absolute atomic E-state index is 13.0. The molecule has 0 saturated heterocycles. The summed E-state index contributed by atoms with van der Waals surface area (Å²) < 4.78 is 52.8. The summed E-state index contributed by atoms with van der Waals surface area (Å²) in [5, 5.41) is 29.1. The van der Waals surface area contributed by atoms with E-state index in [1.165, 1.54) is 37.5 Å². The van der Waals surface area contributed by atoms with Gasteiger partial charge in [0.05, 0.1) is 22.1 Å². The van der Waals surface area contributed by atoms with Crippen LogP contribution in [0.5, 0.6) is 0 Å². The van der Waals surface area contributed by atoms with E-state index in [0.29, 0.717) is 54.8 Å². The second-order valence-corrected chi connectivity index (χ2v) is 11.2. The monoisotopic (exact) mass is 623 g/mol. The Hall–Kier alpha value is -1.86. The van der Waals surface area contributed by atoms with E-state index >= 15 is 0 Å². The van der Waals surface area contributed by atoms with Crippen LogP contribution in [0.4, 0.5) is 18.9 Å². The van der Waals surface area contributed by atoms with E-state index in [1.54, 1.807) is 7.11 Å². The molecular formula is C29H41ClF3NO6S. The van der Waals surface area contributed by atoms with Crippen molar-refractivity contribution in [2.24, 2.45) is 17.8 Å². The molecule has 3 unspecified atom stereocenters. The van der Waals surface area contributed by atoms with Crippen molar-refractivity contribution in [2.75, 3.05) is 25.6 Å². The maximum atomic E-state index is 13.0. The summed E-state index contributed by atoms with van der Waals surface area (Å²) in [6, 6.07) is 5.38. The number of hydrogen-bond donors (Lipinski definition) is 5. The van der Waals surface area contributed by atoms with Crippen LogP contribution in [0.3, 0.4) is 0 Å². The minimum Gasteiger partial charge on any atom is -0.396 e. The van der Waals surface area contributed by atoms with Crippen molar-refractivity contribution in [3.63, 3.8) is 0 Å². The van der Waals surface area contributed by atoms with Gasteiger partial charge < -0.3 is 29.9 Å². The Morgan fingerprint density at radius 2 is 1.68 bits per heavy atom. The van der Waals surface area contributed by atoms with Gasteiger partial charge in [-0.15, -0.1) is 0 Å². The van der Waals surface area contributed by atoms with Gasteiger partial charge in [-0.2, -0.15) is 0 Å². The molecule has 41 heavy (non-hydrogen) atoms. The smallest absolute Gasteiger partial charge is 0.255 e. The molecular weight excluding hydrogens is 583 g/mol. The minimum atomic E-state index is -1.61. The van der Waals surface area contributed by atoms with Crippen LogP contribution in [0.15, 0.2) is 35.2 Å². The highest BCUT2D eigenvalue weighted by Gasteiger charge is 2.30. The van der Waals surface area contributed by atoms with Gasteiger partial charge in [-0.25, -0.2) is 13.2 Å². The quantitative estimate of drug-likeness (QED) is 0.154. The lowest BCUT2D eigenvalue weighted by Gasteiger charge is -2.35. The van der Waals surface area contributed by atoms with Crippen molar-refractivity contribution in [3.05, 3.63) is 58.4 Å². The molecule has 0 bridgehead atoms. The predicted octanol–water partition coefficient (Wildman–Crippen LogP) is 6.78. The van der Waals surface area contributed by atoms with E-state index in [2.05, 4.69) is 26.1 Å². The van der Waals surface area contributed by atoms with Gasteiger partial charge in [-0.1, -0.05) is 38.8 Å². The largest absolute Gasteiger partial charge is 0.396 e. The summed E-state index contributed by atoms with van der Waals surface area (Å²) in [4.78, 5) is 12.2. The van der Waals surface area contributed by atoms with Crippen LogP contribution in [0.2, 0.25) is 5.02 Å². The fraction of sp³-hybridized carbons (Fsp3) is 0.552. The number of ether oxygens (including phenoxy) is 1. The molecule has 1 saturated carbocycles. The molecule has 1 amide bonds. The van der Waals surface area contributed by atoms with Gasteiger partial charge in [0.25, 0.3) is 5.91 Å². The number of carbonyl (C=O) groups is 1. The van der Waals surface area contributed by atoms with Crippen molar-refractivity contribution in [1.29, 1.82) is 0 Å². The van der Waals surface area contributed by atoms with E-state index in [9.17, 15) is 23.1 Å². The number of nitrogens with one attached hydrogen (secondary N) is 1. The average Bonchev–Trinajstić information content (AvgIpc) is 2.93. The van der Waals surface area contributed by atoms with Crippen LogP contribution in [-0.2, 0) is 4.74 Å². The number of aliphatic hydroxyl groups is 3. The van der Waals surface area contributed by atoms with Gasteiger partial charge in [-0.3, -0.25) is 4.79 Å². The number of halogens is 4. The zero-order valence-electron chi connectivity index (χ0n) is 23.7. The van der Waals surface area contributed by atoms with Gasteiger partial charge in [0.1, 0.15) is 0 Å². The second kappa shape index (κ2) is 19.4. The number of benzene rings is 2. The molecule has 12 heteroatoms. The van der Waals surface area contributed by atoms with Crippen molar-refractivity contribution in [2.45, 2.75) is 70.0 Å². The molecule has 1 fully saturated rings. The third-order valence-electron chi connectivity index (χ3n) is 6.84. The SMILES string of the molecule is CC(C)C1CCCC(C)C1O.COC(CCO)CCO.O=C(Nc1cc(F)c(F)c(F)c1)c1ccc(Cl)c(SO)c1. The Bertz CT molecular complexity index is 1050. The first-order valence-corrected chi connectivity index (χ1v) is 14.5. The fourth-order valence-electron chi connectivity index (χ4n) is 4.38. The zero-order valence-corrected chi connectivity index (χ0v) is 25.3. The third kappa shape index (κ3) is 12.5. The number of aliphatic hydroxyl groups excluding tert-OH is 3. The van der Waals surface area contributed by atoms with Gasteiger partial charge in [0.2, 0.25) is 0 Å². The molecule has 3 rings (SSSR count). The molecule has 1 aliphatic carbocycles. The normalized spacial score (nSPS) is 18.3. The molecule has 1 aliphatic rings. The fourth-order valence-corrected chi connectivity index (χ4v) is 4.94. The first-order chi connectivity index (χ1) is 19.4. The van der Waals surface area contributed by atoms with E-state index < -0.39 is 23.4 Å². The zero-order chi connectivity index (χ0) is 31.1. The second-order valence-electron chi connectivity index (χ2n) is 10.1. The molecule has 2 aromatic rings. The Morgan fingerprint density at radius 3 is 2.15 bits per heavy atom. The first-order valence-electron chi connectivity index (χ1n) is 13.4. The third-order valence-corrected chi connectivity index (χ3v) is 7.82. The van der Waals surface area contributed by atoms with Gasteiger partial charge in [0.15, 0.2) is 17.5 Å². The topological polar surface area (TPSA) is 119 Å². The Balaban J connectivity index is 0.000000352. The summed E-state index contributed by atoms with van der Waals surface area (Å²) >= 11 is 6.13. The van der Waals surface area contributed by atoms with Crippen LogP contribution in [0.1, 0.15) is 63.2 Å². The summed E-state index contributed by atoms with van der Waals surface area (Å²) in [6.07, 6.45) is 4.94. The number of hydrogen-bond acceptors (Lipinski definition) is 7. The number of anilines is 1. The highest BCUT2D eigenvalue weighted by atomic mass is 35.5. The lowest BCUT2D eigenvalue weighted by Crippen LogP contribution is -2.34. The highest BCUT2D eigenvalue weighted by molar-refractivity contribution is 7.93. The van der Waals surface area contributed by atoms with Gasteiger partial charge in [-0.05, 0) is 61.6 Å². The van der Waals surface area contributed by atoms with Crippen molar-refractivity contribution in [1.82, 2.24) is 0 Å². The molecule has 0 radical (unpaired) electrons. The van der Waals surface area contributed by atoms with Gasteiger partial charge >= 0.3 is 0 Å². The lowest BCUT2D eigenvalue weighted by atomic mass is 9.74. The molecule has 3 atom stereocenters. The molecule has 0 aliphatic heterocycles. The molecule has 5 N–H and O–H groups in total. The molecule has 2 aromatic carbocycles. The van der Waals surface area contributed by atoms with Crippen LogP contribution >= 0.6 is 23.6 Å². The van der Waals surface area contributed by atoms with Crippen LogP contribution in [0.25, 0.3) is 0 Å². The molecule has 0 aromatic heterocycles. The molecule has 232 valence electrons. The molecule has 7 nitrogen and oxygen atoms in total. The van der Waals surface area contributed by atoms with E-state index in [4.69, 9.17) is 31.1 Å². The molecule has 0 heterocycles. The van der Waals surface area contributed by atoms with Crippen LogP contribution < -0.4 is 5.32 Å². The standard InChI is InChI=1S/C13H7ClF3NO2S.C10H20O.C6H14O3/c14-8-2-1-6(3-11(8)21-20)13(19)18-7-4-9(15)12(17)10(16)5-7;1-7(2)9-6-4-5-8(3)10(9)11;1-9-6(2-4-7)3-5-8/h1-5,20H,(H,18,19);7-11H,4-6H2,1-3H3;6-8H,2-5H2,1H3. The number of methoxy groups -OCH3 is 1. The maximum Gasteiger partial charge on any atom is 0.255 e. The minimum absolute atomic E-state index is 0.0139. The summed E-state index contributed by atoms with van der Waals surface area (Å²) in [5.41, 5.74) is -0.120. The number of rotatable bonds is 9. The average molecular weight is 624 g/mol. The number of amides is 1. The van der Waals surface area contributed by atoms with E-state index in [0.717, 1.165) is 0 Å². The lowest BCUT2D eigenvalue weighted by molar-refractivity contribution is 0.00481. The van der Waals surface area contributed by atoms with Crippen molar-refractivity contribution in [3.8, 4) is 0 Å². The Kier molecular flexibility index (Phi) is 17.5. The van der Waals surface area contributed by atoms with Crippen molar-refractivity contribution < 1.29 is 42.6 Å². The summed E-state index contributed by atoms with van der Waals surface area (Å²) in [5.74, 6) is -3.39. The summed E-state index contributed by atoms with van der Waals surface area (Å²) in [6.45, 7) is 6.84.